The van der Waals surface area contributed by atoms with Crippen molar-refractivity contribution in [2.45, 2.75) is 0 Å². The van der Waals surface area contributed by atoms with Gasteiger partial charge in [-0.05, 0) is 0 Å². The molecule has 0 aliphatic rings. The maximum absolute atomic E-state index is 11.7. The van der Waals surface area contributed by atoms with Gasteiger partial charge in [0.2, 0.25) is 4.96 Å². The Balaban J connectivity index is 2.17. The molecule has 3 aromatic rings. The van der Waals surface area contributed by atoms with Gasteiger partial charge in [-0.3, -0.25) is 4.79 Å². The fraction of sp³-hybridized carbons (Fsp3) is 0.143. The van der Waals surface area contributed by atoms with Crippen molar-refractivity contribution in [3.8, 4) is 10.6 Å². The third-order valence-electron chi connectivity index (χ3n) is 2.68. The van der Waals surface area contributed by atoms with E-state index in [9.17, 15) is 4.79 Å². The third kappa shape index (κ3) is 2.82. The Morgan fingerprint density at radius 2 is 2.05 bits per heavy atom. The first kappa shape index (κ1) is 13.4. The van der Waals surface area contributed by atoms with E-state index in [1.165, 1.54) is 17.4 Å². The Hall–Kier alpha value is -2.54. The molecule has 0 N–H and O–H groups in total. The number of fused-ring (bicyclic) bond motifs is 1. The summed E-state index contributed by atoms with van der Waals surface area (Å²) in [5.41, 5.74) is 0.673. The van der Waals surface area contributed by atoms with Crippen LogP contribution in [0, 0.1) is 0 Å². The molecule has 6 nitrogen and oxygen atoms in total. The topological polar surface area (TPSA) is 62.9 Å². The Morgan fingerprint density at radius 3 is 2.76 bits per heavy atom. The Bertz CT molecular complexity index is 851. The zero-order valence-electron chi connectivity index (χ0n) is 11.6. The summed E-state index contributed by atoms with van der Waals surface area (Å²) in [6, 6.07) is 11.2. The largest absolute Gasteiger partial charge is 0.369 e. The van der Waals surface area contributed by atoms with Gasteiger partial charge in [-0.2, -0.15) is 14.6 Å². The SMILES string of the molecule is CN(C)/C=N/c1cc(=O)nc2sc(-c3ccccc3)nn12. The smallest absolute Gasteiger partial charge is 0.276 e. The molecular weight excluding hydrogens is 286 g/mol. The highest BCUT2D eigenvalue weighted by atomic mass is 32.1. The van der Waals surface area contributed by atoms with Crippen LogP contribution < -0.4 is 5.56 Å². The standard InChI is InChI=1S/C14H13N5OS/c1-18(2)9-15-11-8-12(20)16-14-19(11)17-13(21-14)10-6-4-3-5-7-10/h3-9H,1-2H3/b15-9+. The summed E-state index contributed by atoms with van der Waals surface area (Å²) in [5.74, 6) is 0.470. The number of benzene rings is 1. The molecule has 21 heavy (non-hydrogen) atoms. The Morgan fingerprint density at radius 1 is 1.29 bits per heavy atom. The third-order valence-corrected chi connectivity index (χ3v) is 3.63. The maximum atomic E-state index is 11.7. The van der Waals surface area contributed by atoms with Crippen LogP contribution in [0.15, 0.2) is 46.2 Å². The van der Waals surface area contributed by atoms with Crippen LogP contribution >= 0.6 is 11.3 Å². The molecule has 7 heteroatoms. The van der Waals surface area contributed by atoms with E-state index < -0.39 is 0 Å². The number of nitrogens with zero attached hydrogens (tertiary/aromatic N) is 5. The lowest BCUT2D eigenvalue weighted by Crippen LogP contribution is -2.10. The number of hydrogen-bond donors (Lipinski definition) is 0. The molecule has 0 saturated carbocycles. The first-order chi connectivity index (χ1) is 10.1. The van der Waals surface area contributed by atoms with Crippen molar-refractivity contribution in [1.29, 1.82) is 0 Å². The molecule has 0 aliphatic carbocycles. The second-order valence-corrected chi connectivity index (χ2v) is 5.58. The van der Waals surface area contributed by atoms with Crippen molar-refractivity contribution in [1.82, 2.24) is 19.5 Å². The molecule has 0 bridgehead atoms. The molecule has 1 aromatic carbocycles. The van der Waals surface area contributed by atoms with Gasteiger partial charge in [0.1, 0.15) is 5.01 Å². The molecule has 0 fully saturated rings. The molecule has 0 spiro atoms. The highest BCUT2D eigenvalue weighted by Gasteiger charge is 2.10. The van der Waals surface area contributed by atoms with Crippen LogP contribution in [0.1, 0.15) is 0 Å². The molecule has 0 amide bonds. The van der Waals surface area contributed by atoms with Crippen molar-refractivity contribution >= 4 is 28.5 Å². The van der Waals surface area contributed by atoms with Crippen molar-refractivity contribution in [3.63, 3.8) is 0 Å². The minimum absolute atomic E-state index is 0.316. The summed E-state index contributed by atoms with van der Waals surface area (Å²) in [6.45, 7) is 0. The summed E-state index contributed by atoms with van der Waals surface area (Å²) in [7, 11) is 3.72. The summed E-state index contributed by atoms with van der Waals surface area (Å²) in [6.07, 6.45) is 1.63. The van der Waals surface area contributed by atoms with E-state index in [4.69, 9.17) is 0 Å². The van der Waals surface area contributed by atoms with E-state index in [0.29, 0.717) is 10.8 Å². The monoisotopic (exact) mass is 299 g/mol. The zero-order chi connectivity index (χ0) is 14.8. The van der Waals surface area contributed by atoms with Crippen LogP contribution in [0.5, 0.6) is 0 Å². The van der Waals surface area contributed by atoms with Gasteiger partial charge in [0.05, 0.1) is 12.4 Å². The van der Waals surface area contributed by atoms with Crippen LogP contribution in [0.2, 0.25) is 0 Å². The van der Waals surface area contributed by atoms with E-state index >= 15 is 0 Å². The van der Waals surface area contributed by atoms with Gasteiger partial charge in [0.15, 0.2) is 5.82 Å². The van der Waals surface area contributed by atoms with E-state index in [0.717, 1.165) is 10.6 Å². The van der Waals surface area contributed by atoms with Crippen LogP contribution in [0.4, 0.5) is 5.82 Å². The minimum Gasteiger partial charge on any atom is -0.369 e. The van der Waals surface area contributed by atoms with Crippen LogP contribution in [-0.4, -0.2) is 39.9 Å². The maximum Gasteiger partial charge on any atom is 0.276 e. The van der Waals surface area contributed by atoms with Crippen LogP contribution in [-0.2, 0) is 0 Å². The van der Waals surface area contributed by atoms with E-state index in [2.05, 4.69) is 15.1 Å². The fourth-order valence-corrected chi connectivity index (χ4v) is 2.67. The summed E-state index contributed by atoms with van der Waals surface area (Å²) < 4.78 is 1.59. The molecular formula is C14H13N5OS. The minimum atomic E-state index is -0.316. The normalized spacial score (nSPS) is 11.3. The van der Waals surface area contributed by atoms with Gasteiger partial charge in [-0.15, -0.1) is 0 Å². The molecule has 106 valence electrons. The Labute approximate surface area is 125 Å². The lowest BCUT2D eigenvalue weighted by atomic mass is 10.2. The van der Waals surface area contributed by atoms with Gasteiger partial charge >= 0.3 is 0 Å². The quantitative estimate of drug-likeness (QED) is 0.548. The Kier molecular flexibility index (Phi) is 3.49. The van der Waals surface area contributed by atoms with E-state index in [1.807, 2.05) is 44.4 Å². The number of rotatable bonds is 3. The molecule has 0 atom stereocenters. The highest BCUT2D eigenvalue weighted by Crippen LogP contribution is 2.26. The van der Waals surface area contributed by atoms with E-state index in [-0.39, 0.29) is 5.56 Å². The average Bonchev–Trinajstić information content (AvgIpc) is 2.89. The molecule has 0 unspecified atom stereocenters. The molecule has 0 aliphatic heterocycles. The molecule has 0 radical (unpaired) electrons. The molecule has 2 heterocycles. The first-order valence-corrected chi connectivity index (χ1v) is 7.12. The zero-order valence-corrected chi connectivity index (χ0v) is 12.4. The van der Waals surface area contributed by atoms with Gasteiger partial charge in [-0.25, -0.2) is 4.99 Å². The van der Waals surface area contributed by atoms with Crippen LogP contribution in [0.25, 0.3) is 15.5 Å². The number of aliphatic imine (C=N–C) groups is 1. The second kappa shape index (κ2) is 5.45. The lowest BCUT2D eigenvalue weighted by molar-refractivity contribution is 0.642. The predicted octanol–water partition coefficient (Wildman–Crippen LogP) is 2.04. The second-order valence-electron chi connectivity index (χ2n) is 4.63. The van der Waals surface area contributed by atoms with E-state index in [1.54, 1.807) is 15.8 Å². The van der Waals surface area contributed by atoms with Gasteiger partial charge in [-0.1, -0.05) is 41.7 Å². The lowest BCUT2D eigenvalue weighted by Gasteiger charge is -2.02. The van der Waals surface area contributed by atoms with Crippen molar-refractivity contribution in [2.75, 3.05) is 14.1 Å². The van der Waals surface area contributed by atoms with Crippen molar-refractivity contribution in [2.24, 2.45) is 4.99 Å². The van der Waals surface area contributed by atoms with Crippen molar-refractivity contribution in [3.05, 3.63) is 46.8 Å². The first-order valence-electron chi connectivity index (χ1n) is 6.30. The average molecular weight is 299 g/mol. The number of hydrogen-bond acceptors (Lipinski definition) is 5. The number of aromatic nitrogens is 3. The van der Waals surface area contributed by atoms with Gasteiger partial charge < -0.3 is 4.90 Å². The van der Waals surface area contributed by atoms with Gasteiger partial charge in [0, 0.05) is 19.7 Å². The predicted molar refractivity (Wildman–Crippen MR) is 84.4 cm³/mol. The molecule has 3 rings (SSSR count). The van der Waals surface area contributed by atoms with Crippen molar-refractivity contribution < 1.29 is 0 Å². The highest BCUT2D eigenvalue weighted by molar-refractivity contribution is 7.19. The molecule has 0 saturated heterocycles. The summed E-state index contributed by atoms with van der Waals surface area (Å²) >= 11 is 1.37. The van der Waals surface area contributed by atoms with Gasteiger partial charge in [0.25, 0.3) is 5.56 Å². The fourth-order valence-electron chi connectivity index (χ4n) is 1.77. The molecule has 2 aromatic heterocycles. The van der Waals surface area contributed by atoms with Crippen LogP contribution in [0.3, 0.4) is 0 Å². The summed E-state index contributed by atoms with van der Waals surface area (Å²) in [5, 5.41) is 5.30. The summed E-state index contributed by atoms with van der Waals surface area (Å²) in [4.78, 5) is 22.2.